The topological polar surface area (TPSA) is 43.8 Å². The van der Waals surface area contributed by atoms with E-state index in [1.807, 2.05) is 29.2 Å². The summed E-state index contributed by atoms with van der Waals surface area (Å²) >= 11 is 5.86. The summed E-state index contributed by atoms with van der Waals surface area (Å²) in [5.41, 5.74) is 1.00. The Bertz CT molecular complexity index is 508. The van der Waals surface area contributed by atoms with E-state index in [2.05, 4.69) is 4.90 Å². The molecule has 120 valence electrons. The summed E-state index contributed by atoms with van der Waals surface area (Å²) < 4.78 is 0. The minimum atomic E-state index is -0.184. The van der Waals surface area contributed by atoms with Gasteiger partial charge in [-0.15, -0.1) is 0 Å². The molecular formula is C17H23ClN2O2. The second kappa shape index (κ2) is 6.99. The van der Waals surface area contributed by atoms with Crippen LogP contribution in [0.5, 0.6) is 0 Å². The molecule has 5 heteroatoms. The highest BCUT2D eigenvalue weighted by atomic mass is 35.5. The SMILES string of the molecule is O=C(Cc1ccc(Cl)cc1)N1CCN(C[C@@H](O)C2CC2)CC1. The highest BCUT2D eigenvalue weighted by molar-refractivity contribution is 6.30. The van der Waals surface area contributed by atoms with Crippen LogP contribution in [0.15, 0.2) is 24.3 Å². The van der Waals surface area contributed by atoms with Crippen molar-refractivity contribution in [2.24, 2.45) is 5.92 Å². The molecule has 1 aromatic carbocycles. The summed E-state index contributed by atoms with van der Waals surface area (Å²) in [5, 5.41) is 10.7. The number of hydrogen-bond donors (Lipinski definition) is 1. The minimum absolute atomic E-state index is 0.171. The van der Waals surface area contributed by atoms with Crippen molar-refractivity contribution in [3.05, 3.63) is 34.9 Å². The van der Waals surface area contributed by atoms with Crippen LogP contribution in [0.4, 0.5) is 0 Å². The largest absolute Gasteiger partial charge is 0.392 e. The number of hydrogen-bond acceptors (Lipinski definition) is 3. The molecule has 1 N–H and O–H groups in total. The van der Waals surface area contributed by atoms with Gasteiger partial charge in [0.25, 0.3) is 0 Å². The van der Waals surface area contributed by atoms with E-state index in [1.165, 1.54) is 12.8 Å². The first-order chi connectivity index (χ1) is 10.6. The first-order valence-corrected chi connectivity index (χ1v) is 8.42. The summed E-state index contributed by atoms with van der Waals surface area (Å²) in [7, 11) is 0. The highest BCUT2D eigenvalue weighted by Crippen LogP contribution is 2.32. The summed E-state index contributed by atoms with van der Waals surface area (Å²) in [6, 6.07) is 7.45. The standard InChI is InChI=1S/C17H23ClN2O2/c18-15-5-1-13(2-6-15)11-17(22)20-9-7-19(8-10-20)12-16(21)14-3-4-14/h1-2,5-6,14,16,21H,3-4,7-12H2/t16-/m1/s1. The molecular weight excluding hydrogens is 300 g/mol. The Labute approximate surface area is 136 Å². The zero-order valence-corrected chi connectivity index (χ0v) is 13.5. The molecule has 1 aliphatic carbocycles. The smallest absolute Gasteiger partial charge is 0.227 e. The third-order valence-corrected chi connectivity index (χ3v) is 4.86. The molecule has 1 aromatic rings. The van der Waals surface area contributed by atoms with Crippen LogP contribution >= 0.6 is 11.6 Å². The average Bonchev–Trinajstić information content (AvgIpc) is 3.35. The maximum Gasteiger partial charge on any atom is 0.227 e. The van der Waals surface area contributed by atoms with Crippen molar-refractivity contribution < 1.29 is 9.90 Å². The summed E-state index contributed by atoms with van der Waals surface area (Å²) in [4.78, 5) is 16.5. The van der Waals surface area contributed by atoms with Crippen LogP contribution in [0.25, 0.3) is 0 Å². The molecule has 1 saturated carbocycles. The molecule has 1 aliphatic heterocycles. The second-order valence-electron chi connectivity index (χ2n) is 6.39. The predicted molar refractivity (Wildman–Crippen MR) is 86.9 cm³/mol. The molecule has 0 bridgehead atoms. The van der Waals surface area contributed by atoms with Gasteiger partial charge < -0.3 is 10.0 Å². The Kier molecular flexibility index (Phi) is 5.01. The Morgan fingerprint density at radius 1 is 1.18 bits per heavy atom. The molecule has 1 amide bonds. The third-order valence-electron chi connectivity index (χ3n) is 4.61. The van der Waals surface area contributed by atoms with Gasteiger partial charge in [0.05, 0.1) is 12.5 Å². The Hall–Kier alpha value is -1.10. The predicted octanol–water partition coefficient (Wildman–Crippen LogP) is 1.80. The van der Waals surface area contributed by atoms with Crippen LogP contribution in [-0.4, -0.2) is 59.6 Å². The number of carbonyl (C=O) groups excluding carboxylic acids is 1. The van der Waals surface area contributed by atoms with Crippen LogP contribution in [0, 0.1) is 5.92 Å². The van der Waals surface area contributed by atoms with E-state index in [9.17, 15) is 9.90 Å². The van der Waals surface area contributed by atoms with E-state index in [-0.39, 0.29) is 12.0 Å². The van der Waals surface area contributed by atoms with Crippen LogP contribution in [0.3, 0.4) is 0 Å². The highest BCUT2D eigenvalue weighted by Gasteiger charge is 2.32. The van der Waals surface area contributed by atoms with E-state index in [0.717, 1.165) is 38.3 Å². The van der Waals surface area contributed by atoms with Gasteiger partial charge in [-0.3, -0.25) is 9.69 Å². The fraction of sp³-hybridized carbons (Fsp3) is 0.588. The fourth-order valence-corrected chi connectivity index (χ4v) is 3.09. The van der Waals surface area contributed by atoms with Crippen LogP contribution in [0.1, 0.15) is 18.4 Å². The molecule has 1 heterocycles. The van der Waals surface area contributed by atoms with Crippen molar-refractivity contribution in [1.82, 2.24) is 9.80 Å². The van der Waals surface area contributed by atoms with E-state index in [4.69, 9.17) is 11.6 Å². The Balaban J connectivity index is 1.44. The molecule has 22 heavy (non-hydrogen) atoms. The number of nitrogens with zero attached hydrogens (tertiary/aromatic N) is 2. The molecule has 3 rings (SSSR count). The first-order valence-electron chi connectivity index (χ1n) is 8.04. The molecule has 1 saturated heterocycles. The van der Waals surface area contributed by atoms with Crippen LogP contribution in [0.2, 0.25) is 5.02 Å². The maximum atomic E-state index is 12.3. The Morgan fingerprint density at radius 3 is 2.41 bits per heavy atom. The van der Waals surface area contributed by atoms with Crippen LogP contribution < -0.4 is 0 Å². The number of carbonyl (C=O) groups is 1. The molecule has 0 aromatic heterocycles. The van der Waals surface area contributed by atoms with Crippen molar-refractivity contribution in [1.29, 1.82) is 0 Å². The van der Waals surface area contributed by atoms with E-state index in [0.29, 0.717) is 17.4 Å². The normalized spacial score (nSPS) is 20.9. The number of aliphatic hydroxyl groups excluding tert-OH is 1. The first kappa shape index (κ1) is 15.8. The average molecular weight is 323 g/mol. The number of β-amino-alcohol motifs (C(OH)–C–C–N with tert-alkyl or cyclic N) is 1. The summed E-state index contributed by atoms with van der Waals surface area (Å²) in [6.07, 6.45) is 2.58. The van der Waals surface area contributed by atoms with E-state index in [1.54, 1.807) is 0 Å². The molecule has 4 nitrogen and oxygen atoms in total. The molecule has 2 aliphatic rings. The summed E-state index contributed by atoms with van der Waals surface area (Å²) in [5.74, 6) is 0.689. The number of rotatable bonds is 5. The lowest BCUT2D eigenvalue weighted by molar-refractivity contribution is -0.132. The number of aliphatic hydroxyl groups is 1. The Morgan fingerprint density at radius 2 is 1.82 bits per heavy atom. The fourth-order valence-electron chi connectivity index (χ4n) is 2.96. The maximum absolute atomic E-state index is 12.3. The van der Waals surface area contributed by atoms with Gasteiger partial charge in [-0.2, -0.15) is 0 Å². The van der Waals surface area contributed by atoms with Crippen molar-refractivity contribution in [3.8, 4) is 0 Å². The van der Waals surface area contributed by atoms with Gasteiger partial charge in [0.1, 0.15) is 0 Å². The number of benzene rings is 1. The molecule has 1 atom stereocenters. The van der Waals surface area contributed by atoms with Gasteiger partial charge in [-0.1, -0.05) is 23.7 Å². The number of piperazine rings is 1. The van der Waals surface area contributed by atoms with Crippen molar-refractivity contribution in [3.63, 3.8) is 0 Å². The van der Waals surface area contributed by atoms with Gasteiger partial charge in [0, 0.05) is 37.7 Å². The van der Waals surface area contributed by atoms with Gasteiger partial charge >= 0.3 is 0 Å². The number of halogens is 1. The quantitative estimate of drug-likeness (QED) is 0.899. The van der Waals surface area contributed by atoms with Gasteiger partial charge in [0.2, 0.25) is 5.91 Å². The van der Waals surface area contributed by atoms with Crippen molar-refractivity contribution in [2.75, 3.05) is 32.7 Å². The summed E-state index contributed by atoms with van der Waals surface area (Å²) in [6.45, 7) is 3.98. The number of amides is 1. The van der Waals surface area contributed by atoms with Crippen molar-refractivity contribution >= 4 is 17.5 Å². The van der Waals surface area contributed by atoms with Gasteiger partial charge in [-0.25, -0.2) is 0 Å². The van der Waals surface area contributed by atoms with E-state index < -0.39 is 0 Å². The minimum Gasteiger partial charge on any atom is -0.392 e. The lowest BCUT2D eigenvalue weighted by atomic mass is 10.1. The monoisotopic (exact) mass is 322 g/mol. The van der Waals surface area contributed by atoms with Gasteiger partial charge in [0.15, 0.2) is 0 Å². The van der Waals surface area contributed by atoms with Crippen LogP contribution in [-0.2, 0) is 11.2 Å². The molecule has 0 radical (unpaired) electrons. The third kappa shape index (κ3) is 4.22. The second-order valence-corrected chi connectivity index (χ2v) is 6.83. The zero-order chi connectivity index (χ0) is 15.5. The zero-order valence-electron chi connectivity index (χ0n) is 12.7. The lowest BCUT2D eigenvalue weighted by Gasteiger charge is -2.35. The molecule has 2 fully saturated rings. The van der Waals surface area contributed by atoms with Crippen molar-refractivity contribution in [2.45, 2.75) is 25.4 Å². The van der Waals surface area contributed by atoms with Gasteiger partial charge in [-0.05, 0) is 36.5 Å². The van der Waals surface area contributed by atoms with E-state index >= 15 is 0 Å². The molecule has 0 unspecified atom stereocenters. The molecule has 0 spiro atoms. The lowest BCUT2D eigenvalue weighted by Crippen LogP contribution is -2.51.